The fourth-order valence-corrected chi connectivity index (χ4v) is 3.03. The fraction of sp³-hybridized carbons (Fsp3) is 0.550. The van der Waals surface area contributed by atoms with E-state index in [-0.39, 0.29) is 30.8 Å². The summed E-state index contributed by atoms with van der Waals surface area (Å²) in [6.07, 6.45) is 0.200. The van der Waals surface area contributed by atoms with Crippen molar-refractivity contribution < 1.29 is 28.6 Å². The molecule has 2 rings (SSSR count). The van der Waals surface area contributed by atoms with Gasteiger partial charge in [0.1, 0.15) is 11.5 Å². The number of carbonyl (C=O) groups excluding carboxylic acids is 3. The lowest BCUT2D eigenvalue weighted by Crippen LogP contribution is -2.53. The third-order valence-corrected chi connectivity index (χ3v) is 4.75. The number of carbonyl (C=O) groups is 3. The largest absolute Gasteiger partial charge is 0.497 e. The van der Waals surface area contributed by atoms with E-state index in [0.29, 0.717) is 56.4 Å². The maximum Gasteiger partial charge on any atom is 0.317 e. The van der Waals surface area contributed by atoms with Crippen molar-refractivity contribution in [2.75, 3.05) is 67.2 Å². The van der Waals surface area contributed by atoms with Crippen LogP contribution in [0.2, 0.25) is 0 Å². The first-order chi connectivity index (χ1) is 14.5. The quantitative estimate of drug-likeness (QED) is 0.555. The Morgan fingerprint density at radius 2 is 1.63 bits per heavy atom. The summed E-state index contributed by atoms with van der Waals surface area (Å²) in [7, 11) is 4.62. The lowest BCUT2D eigenvalue weighted by Gasteiger charge is -2.35. The average molecular weight is 422 g/mol. The van der Waals surface area contributed by atoms with Crippen molar-refractivity contribution in [3.8, 4) is 11.5 Å². The molecule has 1 aromatic carbocycles. The summed E-state index contributed by atoms with van der Waals surface area (Å²) in [6.45, 7) is 2.80. The monoisotopic (exact) mass is 422 g/mol. The van der Waals surface area contributed by atoms with Gasteiger partial charge in [-0.15, -0.1) is 0 Å². The van der Waals surface area contributed by atoms with Gasteiger partial charge in [-0.2, -0.15) is 0 Å². The van der Waals surface area contributed by atoms with Crippen LogP contribution in [-0.2, 0) is 9.53 Å². The predicted molar refractivity (Wildman–Crippen MR) is 110 cm³/mol. The van der Waals surface area contributed by atoms with Crippen LogP contribution in [0.4, 0.5) is 4.79 Å². The van der Waals surface area contributed by atoms with E-state index in [1.54, 1.807) is 42.2 Å². The molecule has 1 saturated heterocycles. The average Bonchev–Trinajstić information content (AvgIpc) is 2.78. The highest BCUT2D eigenvalue weighted by Gasteiger charge is 2.26. The van der Waals surface area contributed by atoms with Gasteiger partial charge in [-0.1, -0.05) is 0 Å². The topological polar surface area (TPSA) is 109 Å². The molecule has 4 amide bonds. The fourth-order valence-electron chi connectivity index (χ4n) is 3.03. The Hall–Kier alpha value is -3.01. The summed E-state index contributed by atoms with van der Waals surface area (Å²) in [4.78, 5) is 40.1. The summed E-state index contributed by atoms with van der Waals surface area (Å²) in [5.74, 6) is 0.763. The Morgan fingerprint density at radius 3 is 2.27 bits per heavy atom. The second kappa shape index (κ2) is 11.9. The number of hydrogen-bond donors (Lipinski definition) is 2. The van der Waals surface area contributed by atoms with Crippen molar-refractivity contribution in [3.05, 3.63) is 23.8 Å². The molecule has 2 N–H and O–H groups in total. The molecule has 0 spiro atoms. The van der Waals surface area contributed by atoms with Gasteiger partial charge in [0.15, 0.2) is 0 Å². The first kappa shape index (κ1) is 23.3. The van der Waals surface area contributed by atoms with Gasteiger partial charge in [-0.25, -0.2) is 4.79 Å². The second-order valence-electron chi connectivity index (χ2n) is 6.67. The van der Waals surface area contributed by atoms with Crippen LogP contribution in [0.1, 0.15) is 16.8 Å². The molecule has 0 saturated carbocycles. The van der Waals surface area contributed by atoms with Crippen LogP contribution in [0.5, 0.6) is 11.5 Å². The Bertz CT molecular complexity index is 734. The maximum atomic E-state index is 12.8. The second-order valence-corrected chi connectivity index (χ2v) is 6.67. The molecule has 1 aromatic rings. The summed E-state index contributed by atoms with van der Waals surface area (Å²) in [6, 6.07) is 4.82. The number of hydrogen-bond acceptors (Lipinski definition) is 6. The lowest BCUT2D eigenvalue weighted by molar-refractivity contribution is -0.121. The molecule has 30 heavy (non-hydrogen) atoms. The van der Waals surface area contributed by atoms with E-state index in [2.05, 4.69) is 10.6 Å². The number of piperazine rings is 1. The molecule has 1 aliphatic rings. The molecule has 10 nitrogen and oxygen atoms in total. The molecular formula is C20H30N4O6. The van der Waals surface area contributed by atoms with Crippen molar-refractivity contribution in [1.82, 2.24) is 20.4 Å². The normalized spacial score (nSPS) is 13.6. The van der Waals surface area contributed by atoms with Crippen molar-refractivity contribution in [2.24, 2.45) is 0 Å². The highest BCUT2D eigenvalue weighted by Crippen LogP contribution is 2.26. The number of benzene rings is 1. The van der Waals surface area contributed by atoms with Gasteiger partial charge in [-0.3, -0.25) is 9.59 Å². The number of urea groups is 1. The first-order valence-corrected chi connectivity index (χ1v) is 9.79. The Morgan fingerprint density at radius 1 is 0.933 bits per heavy atom. The Balaban J connectivity index is 1.78. The number of methoxy groups -OCH3 is 3. The van der Waals surface area contributed by atoms with Crippen LogP contribution in [0.25, 0.3) is 0 Å². The van der Waals surface area contributed by atoms with Crippen molar-refractivity contribution in [1.29, 1.82) is 0 Å². The smallest absolute Gasteiger partial charge is 0.317 e. The third kappa shape index (κ3) is 6.51. The first-order valence-electron chi connectivity index (χ1n) is 9.79. The van der Waals surface area contributed by atoms with E-state index in [4.69, 9.17) is 14.2 Å². The maximum absolute atomic E-state index is 12.8. The zero-order chi connectivity index (χ0) is 21.9. The number of rotatable bonds is 9. The number of ether oxygens (including phenoxy) is 3. The molecule has 0 bridgehead atoms. The van der Waals surface area contributed by atoms with Gasteiger partial charge in [0.05, 0.1) is 26.4 Å². The SMILES string of the molecule is COCCNC(=O)CCNC(=O)N1CCN(C(=O)c2ccc(OC)cc2OC)CC1. The molecule has 0 radical (unpaired) electrons. The van der Waals surface area contributed by atoms with Crippen molar-refractivity contribution in [2.45, 2.75) is 6.42 Å². The third-order valence-electron chi connectivity index (χ3n) is 4.75. The van der Waals surface area contributed by atoms with E-state index in [0.717, 1.165) is 0 Å². The van der Waals surface area contributed by atoms with Crippen LogP contribution in [0.15, 0.2) is 18.2 Å². The van der Waals surface area contributed by atoms with E-state index >= 15 is 0 Å². The zero-order valence-corrected chi connectivity index (χ0v) is 17.7. The van der Waals surface area contributed by atoms with E-state index in [1.807, 2.05) is 0 Å². The summed E-state index contributed by atoms with van der Waals surface area (Å²) in [5, 5.41) is 5.43. The van der Waals surface area contributed by atoms with Gasteiger partial charge < -0.3 is 34.6 Å². The lowest BCUT2D eigenvalue weighted by atomic mass is 10.1. The molecule has 0 atom stereocenters. The minimum Gasteiger partial charge on any atom is -0.497 e. The van der Waals surface area contributed by atoms with Gasteiger partial charge in [0.25, 0.3) is 5.91 Å². The van der Waals surface area contributed by atoms with Crippen molar-refractivity contribution in [3.63, 3.8) is 0 Å². The number of amides is 4. The predicted octanol–water partition coefficient (Wildman–Crippen LogP) is 0.324. The summed E-state index contributed by atoms with van der Waals surface area (Å²) in [5.41, 5.74) is 0.454. The van der Waals surface area contributed by atoms with E-state index in [1.165, 1.54) is 7.11 Å². The number of nitrogens with zero attached hydrogens (tertiary/aromatic N) is 2. The minimum atomic E-state index is -0.242. The molecule has 10 heteroatoms. The van der Waals surface area contributed by atoms with E-state index < -0.39 is 0 Å². The highest BCUT2D eigenvalue weighted by molar-refractivity contribution is 5.97. The van der Waals surface area contributed by atoms with Crippen LogP contribution >= 0.6 is 0 Å². The summed E-state index contributed by atoms with van der Waals surface area (Å²) >= 11 is 0. The zero-order valence-electron chi connectivity index (χ0n) is 17.7. The molecule has 1 fully saturated rings. The van der Waals surface area contributed by atoms with Crippen LogP contribution in [0, 0.1) is 0 Å². The van der Waals surface area contributed by atoms with Gasteiger partial charge in [0.2, 0.25) is 5.91 Å². The van der Waals surface area contributed by atoms with Gasteiger partial charge >= 0.3 is 6.03 Å². The molecule has 0 unspecified atom stereocenters. The Labute approximate surface area is 176 Å². The molecule has 1 aliphatic heterocycles. The minimum absolute atomic E-state index is 0.142. The molecule has 1 heterocycles. The van der Waals surface area contributed by atoms with Crippen molar-refractivity contribution >= 4 is 17.8 Å². The van der Waals surface area contributed by atoms with Crippen LogP contribution in [-0.4, -0.2) is 94.9 Å². The highest BCUT2D eigenvalue weighted by atomic mass is 16.5. The van der Waals surface area contributed by atoms with E-state index in [9.17, 15) is 14.4 Å². The standard InChI is InChI=1S/C20H30N4O6/c1-28-13-8-21-18(25)6-7-22-20(27)24-11-9-23(10-12-24)19(26)16-5-4-15(29-2)14-17(16)30-3/h4-5,14H,6-13H2,1-3H3,(H,21,25)(H,22,27). The number of nitrogens with one attached hydrogen (secondary N) is 2. The molecule has 166 valence electrons. The Kier molecular flexibility index (Phi) is 9.20. The van der Waals surface area contributed by atoms with Gasteiger partial charge in [0, 0.05) is 58.9 Å². The molecule has 0 aliphatic carbocycles. The van der Waals surface area contributed by atoms with Gasteiger partial charge in [-0.05, 0) is 12.1 Å². The van der Waals surface area contributed by atoms with Crippen LogP contribution < -0.4 is 20.1 Å². The molecular weight excluding hydrogens is 392 g/mol. The molecule has 0 aromatic heterocycles. The summed E-state index contributed by atoms with van der Waals surface area (Å²) < 4.78 is 15.3. The van der Waals surface area contributed by atoms with Crippen LogP contribution in [0.3, 0.4) is 0 Å².